The summed E-state index contributed by atoms with van der Waals surface area (Å²) in [6.45, 7) is 5.67. The highest BCUT2D eigenvalue weighted by Gasteiger charge is 2.23. The Morgan fingerprint density at radius 3 is 3.33 bits per heavy atom. The maximum absolute atomic E-state index is 5.84. The van der Waals surface area contributed by atoms with Crippen LogP contribution in [0.25, 0.3) is 0 Å². The van der Waals surface area contributed by atoms with Crippen molar-refractivity contribution in [2.45, 2.75) is 25.6 Å². The van der Waals surface area contributed by atoms with E-state index in [1.807, 2.05) is 18.6 Å². The lowest BCUT2D eigenvalue weighted by molar-refractivity contribution is -0.0400. The maximum Gasteiger partial charge on any atom is 0.0850 e. The predicted octanol–water partition coefficient (Wildman–Crippen LogP) is 0.691. The monoisotopic (exact) mass is 227 g/mol. The van der Waals surface area contributed by atoms with E-state index in [9.17, 15) is 0 Å². The van der Waals surface area contributed by atoms with Gasteiger partial charge in [-0.1, -0.05) is 0 Å². The van der Waals surface area contributed by atoms with E-state index in [2.05, 4.69) is 9.88 Å². The lowest BCUT2D eigenvalue weighted by atomic mass is 10.1. The molecule has 4 nitrogen and oxygen atoms in total. The molecule has 0 amide bonds. The van der Waals surface area contributed by atoms with Crippen molar-refractivity contribution in [1.82, 2.24) is 9.88 Å². The van der Waals surface area contributed by atoms with E-state index in [-0.39, 0.29) is 12.1 Å². The third-order valence-electron chi connectivity index (χ3n) is 2.63. The lowest BCUT2D eigenvalue weighted by Crippen LogP contribution is -2.49. The number of thiazole rings is 1. The van der Waals surface area contributed by atoms with Gasteiger partial charge >= 0.3 is 0 Å². The molecule has 0 aliphatic carbocycles. The van der Waals surface area contributed by atoms with Crippen LogP contribution in [-0.4, -0.2) is 41.7 Å². The summed E-state index contributed by atoms with van der Waals surface area (Å²) in [5.74, 6) is 0. The topological polar surface area (TPSA) is 51.4 Å². The molecule has 1 aliphatic rings. The van der Waals surface area contributed by atoms with E-state index in [0.29, 0.717) is 0 Å². The first-order valence-electron chi connectivity index (χ1n) is 5.22. The number of nitrogens with two attached hydrogens (primary N) is 1. The summed E-state index contributed by atoms with van der Waals surface area (Å²) in [5, 5.41) is 0. The minimum Gasteiger partial charge on any atom is -0.374 e. The van der Waals surface area contributed by atoms with Crippen LogP contribution in [0.3, 0.4) is 0 Å². The molecule has 0 saturated carbocycles. The molecule has 2 atom stereocenters. The zero-order chi connectivity index (χ0) is 10.7. The second-order valence-electron chi connectivity index (χ2n) is 3.97. The standard InChI is InChI=1S/C10H17N3OS/c1-8(11)10-6-13(2-3-14-10)5-9-4-12-7-15-9/h4,7-8,10H,2-3,5-6,11H2,1H3. The van der Waals surface area contributed by atoms with Crippen LogP contribution in [0.4, 0.5) is 0 Å². The predicted molar refractivity (Wildman–Crippen MR) is 60.8 cm³/mol. The van der Waals surface area contributed by atoms with Gasteiger partial charge in [-0.15, -0.1) is 11.3 Å². The second kappa shape index (κ2) is 5.03. The summed E-state index contributed by atoms with van der Waals surface area (Å²) in [6.07, 6.45) is 2.10. The Balaban J connectivity index is 1.88. The van der Waals surface area contributed by atoms with Gasteiger partial charge in [-0.05, 0) is 6.92 Å². The van der Waals surface area contributed by atoms with Gasteiger partial charge in [0.1, 0.15) is 0 Å². The summed E-state index contributed by atoms with van der Waals surface area (Å²) in [5.41, 5.74) is 7.72. The molecular formula is C10H17N3OS. The minimum absolute atomic E-state index is 0.106. The van der Waals surface area contributed by atoms with Crippen molar-refractivity contribution in [3.63, 3.8) is 0 Å². The van der Waals surface area contributed by atoms with Crippen LogP contribution in [0.1, 0.15) is 11.8 Å². The molecule has 2 heterocycles. The molecule has 2 N–H and O–H groups in total. The number of aromatic nitrogens is 1. The molecule has 1 aliphatic heterocycles. The Bertz CT molecular complexity index is 289. The van der Waals surface area contributed by atoms with Crippen molar-refractivity contribution in [2.24, 2.45) is 5.73 Å². The van der Waals surface area contributed by atoms with E-state index < -0.39 is 0 Å². The van der Waals surface area contributed by atoms with Crippen LogP contribution in [-0.2, 0) is 11.3 Å². The Morgan fingerprint density at radius 1 is 1.80 bits per heavy atom. The third kappa shape index (κ3) is 2.98. The molecule has 1 saturated heterocycles. The van der Waals surface area contributed by atoms with E-state index in [1.54, 1.807) is 11.3 Å². The van der Waals surface area contributed by atoms with Gasteiger partial charge in [0.05, 0.1) is 18.2 Å². The summed E-state index contributed by atoms with van der Waals surface area (Å²) in [7, 11) is 0. The summed E-state index contributed by atoms with van der Waals surface area (Å²) in [4.78, 5) is 7.76. The van der Waals surface area contributed by atoms with E-state index >= 15 is 0 Å². The Morgan fingerprint density at radius 2 is 2.67 bits per heavy atom. The van der Waals surface area contributed by atoms with Crippen LogP contribution in [0.15, 0.2) is 11.7 Å². The van der Waals surface area contributed by atoms with E-state index in [4.69, 9.17) is 10.5 Å². The van der Waals surface area contributed by atoms with E-state index in [0.717, 1.165) is 26.2 Å². The number of hydrogen-bond acceptors (Lipinski definition) is 5. The van der Waals surface area contributed by atoms with Crippen LogP contribution in [0.2, 0.25) is 0 Å². The molecule has 0 spiro atoms. The van der Waals surface area contributed by atoms with Crippen molar-refractivity contribution in [1.29, 1.82) is 0 Å². The number of morpholine rings is 1. The Hall–Kier alpha value is -0.490. The van der Waals surface area contributed by atoms with Crippen LogP contribution in [0, 0.1) is 0 Å². The second-order valence-corrected chi connectivity index (χ2v) is 4.94. The molecule has 5 heteroatoms. The minimum atomic E-state index is 0.106. The van der Waals surface area contributed by atoms with Gasteiger partial charge in [0, 0.05) is 36.8 Å². The van der Waals surface area contributed by atoms with Crippen molar-refractivity contribution >= 4 is 11.3 Å². The number of hydrogen-bond donors (Lipinski definition) is 1. The maximum atomic E-state index is 5.84. The molecule has 84 valence electrons. The zero-order valence-electron chi connectivity index (χ0n) is 8.93. The zero-order valence-corrected chi connectivity index (χ0v) is 9.74. The lowest BCUT2D eigenvalue weighted by Gasteiger charge is -2.34. The average Bonchev–Trinajstić information content (AvgIpc) is 2.71. The highest BCUT2D eigenvalue weighted by molar-refractivity contribution is 7.09. The van der Waals surface area contributed by atoms with Crippen molar-refractivity contribution in [3.8, 4) is 0 Å². The number of nitrogens with zero attached hydrogens (tertiary/aromatic N) is 2. The first-order chi connectivity index (χ1) is 7.25. The van der Waals surface area contributed by atoms with Crippen molar-refractivity contribution in [3.05, 3.63) is 16.6 Å². The number of rotatable bonds is 3. The molecule has 2 rings (SSSR count). The van der Waals surface area contributed by atoms with Crippen LogP contribution < -0.4 is 5.73 Å². The fourth-order valence-corrected chi connectivity index (χ4v) is 2.37. The summed E-state index contributed by atoms with van der Waals surface area (Å²) < 4.78 is 5.61. The first kappa shape index (κ1) is 11.0. The quantitative estimate of drug-likeness (QED) is 0.825. The average molecular weight is 227 g/mol. The summed E-state index contributed by atoms with van der Waals surface area (Å²) >= 11 is 1.70. The normalized spacial score (nSPS) is 25.3. The van der Waals surface area contributed by atoms with Crippen LogP contribution in [0.5, 0.6) is 0 Å². The first-order valence-corrected chi connectivity index (χ1v) is 6.10. The molecule has 2 unspecified atom stereocenters. The molecule has 15 heavy (non-hydrogen) atoms. The third-order valence-corrected chi connectivity index (χ3v) is 3.39. The Kier molecular flexibility index (Phi) is 3.69. The molecule has 0 aromatic carbocycles. The van der Waals surface area contributed by atoms with Gasteiger partial charge in [0.2, 0.25) is 0 Å². The van der Waals surface area contributed by atoms with Gasteiger partial charge in [0.15, 0.2) is 0 Å². The van der Waals surface area contributed by atoms with Crippen molar-refractivity contribution < 1.29 is 4.74 Å². The van der Waals surface area contributed by atoms with Gasteiger partial charge in [-0.3, -0.25) is 9.88 Å². The smallest absolute Gasteiger partial charge is 0.0850 e. The van der Waals surface area contributed by atoms with Gasteiger partial charge < -0.3 is 10.5 Å². The molecule has 1 aromatic heterocycles. The molecule has 1 fully saturated rings. The SMILES string of the molecule is CC(N)C1CN(Cc2cncs2)CCO1. The van der Waals surface area contributed by atoms with Gasteiger partial charge in [0.25, 0.3) is 0 Å². The highest BCUT2D eigenvalue weighted by Crippen LogP contribution is 2.14. The van der Waals surface area contributed by atoms with Crippen LogP contribution >= 0.6 is 11.3 Å². The molecular weight excluding hydrogens is 210 g/mol. The fourth-order valence-electron chi connectivity index (χ4n) is 1.73. The van der Waals surface area contributed by atoms with E-state index in [1.165, 1.54) is 4.88 Å². The van der Waals surface area contributed by atoms with Gasteiger partial charge in [-0.2, -0.15) is 0 Å². The Labute approximate surface area is 94.1 Å². The fraction of sp³-hybridized carbons (Fsp3) is 0.700. The van der Waals surface area contributed by atoms with Crippen molar-refractivity contribution in [2.75, 3.05) is 19.7 Å². The molecule has 1 aromatic rings. The molecule has 0 bridgehead atoms. The summed E-state index contributed by atoms with van der Waals surface area (Å²) in [6, 6.07) is 0.106. The molecule has 0 radical (unpaired) electrons. The van der Waals surface area contributed by atoms with Gasteiger partial charge in [-0.25, -0.2) is 0 Å². The number of ether oxygens (including phenoxy) is 1. The highest BCUT2D eigenvalue weighted by atomic mass is 32.1. The largest absolute Gasteiger partial charge is 0.374 e.